The topological polar surface area (TPSA) is 69.6 Å². The van der Waals surface area contributed by atoms with Crippen LogP contribution in [0, 0.1) is 0 Å². The minimum Gasteiger partial charge on any atom is -0.399 e. The maximum absolute atomic E-state index is 5.67. The van der Waals surface area contributed by atoms with Gasteiger partial charge in [-0.2, -0.15) is 5.10 Å². The van der Waals surface area contributed by atoms with Gasteiger partial charge >= 0.3 is 0 Å². The molecule has 2 heterocycles. The molecule has 100 valence electrons. The van der Waals surface area contributed by atoms with Crippen molar-refractivity contribution >= 4 is 21.6 Å². The molecule has 3 aromatic rings. The van der Waals surface area contributed by atoms with Gasteiger partial charge in [0.2, 0.25) is 0 Å². The Morgan fingerprint density at radius 1 is 1.05 bits per heavy atom. The second-order valence-electron chi connectivity index (χ2n) is 4.36. The molecule has 1 aromatic carbocycles. The van der Waals surface area contributed by atoms with Gasteiger partial charge in [-0.3, -0.25) is 4.98 Å². The molecule has 20 heavy (non-hydrogen) atoms. The molecule has 0 aliphatic rings. The SMILES string of the molecule is Nc1ccc(-c2ncn(Cc3ccc(Br)cn3)n2)cc1. The van der Waals surface area contributed by atoms with Crippen molar-refractivity contribution < 1.29 is 0 Å². The summed E-state index contributed by atoms with van der Waals surface area (Å²) in [5.41, 5.74) is 8.27. The molecule has 0 unspecified atom stereocenters. The maximum Gasteiger partial charge on any atom is 0.181 e. The van der Waals surface area contributed by atoms with E-state index in [1.54, 1.807) is 17.2 Å². The third kappa shape index (κ3) is 2.85. The molecule has 3 rings (SSSR count). The summed E-state index contributed by atoms with van der Waals surface area (Å²) in [5, 5.41) is 4.44. The number of hydrogen-bond donors (Lipinski definition) is 1. The van der Waals surface area contributed by atoms with Crippen LogP contribution in [-0.4, -0.2) is 19.7 Å². The summed E-state index contributed by atoms with van der Waals surface area (Å²) in [6.45, 7) is 0.593. The van der Waals surface area contributed by atoms with Crippen molar-refractivity contribution in [3.8, 4) is 11.4 Å². The van der Waals surface area contributed by atoms with Crippen LogP contribution in [0.3, 0.4) is 0 Å². The van der Waals surface area contributed by atoms with Gasteiger partial charge in [-0.25, -0.2) is 9.67 Å². The smallest absolute Gasteiger partial charge is 0.181 e. The summed E-state index contributed by atoms with van der Waals surface area (Å²) < 4.78 is 2.73. The average molecular weight is 330 g/mol. The van der Waals surface area contributed by atoms with Gasteiger partial charge in [0.1, 0.15) is 6.33 Å². The first-order valence-electron chi connectivity index (χ1n) is 6.06. The normalized spacial score (nSPS) is 10.7. The quantitative estimate of drug-likeness (QED) is 0.750. The third-order valence-corrected chi connectivity index (χ3v) is 3.29. The standard InChI is InChI=1S/C14H12BrN5/c15-11-3-6-13(17-7-11)8-20-9-18-14(19-20)10-1-4-12(16)5-2-10/h1-7,9H,8,16H2. The van der Waals surface area contributed by atoms with Crippen molar-refractivity contribution in [3.63, 3.8) is 0 Å². The molecule has 2 N–H and O–H groups in total. The van der Waals surface area contributed by atoms with Gasteiger partial charge in [-0.05, 0) is 52.3 Å². The van der Waals surface area contributed by atoms with E-state index in [1.165, 1.54) is 0 Å². The fourth-order valence-corrected chi connectivity index (χ4v) is 2.04. The van der Waals surface area contributed by atoms with Crippen molar-refractivity contribution in [1.82, 2.24) is 19.7 Å². The number of nitrogens with zero attached hydrogens (tertiary/aromatic N) is 4. The lowest BCUT2D eigenvalue weighted by Gasteiger charge is -2.00. The summed E-state index contributed by atoms with van der Waals surface area (Å²) in [6, 6.07) is 11.4. The summed E-state index contributed by atoms with van der Waals surface area (Å²) in [7, 11) is 0. The van der Waals surface area contributed by atoms with Crippen LogP contribution >= 0.6 is 15.9 Å². The van der Waals surface area contributed by atoms with Gasteiger partial charge < -0.3 is 5.73 Å². The fraction of sp³-hybridized carbons (Fsp3) is 0.0714. The molecule has 5 nitrogen and oxygen atoms in total. The van der Waals surface area contributed by atoms with Gasteiger partial charge in [0, 0.05) is 21.9 Å². The van der Waals surface area contributed by atoms with Crippen LogP contribution in [-0.2, 0) is 6.54 Å². The Labute approximate surface area is 124 Å². The Morgan fingerprint density at radius 2 is 1.85 bits per heavy atom. The Hall–Kier alpha value is -2.21. The molecular formula is C14H12BrN5. The number of pyridine rings is 1. The molecule has 0 bridgehead atoms. The number of nitrogen functional groups attached to an aromatic ring is 1. The predicted octanol–water partition coefficient (Wildman–Crippen LogP) is 2.73. The first-order chi connectivity index (χ1) is 9.70. The van der Waals surface area contributed by atoms with Crippen LogP contribution in [0.2, 0.25) is 0 Å². The zero-order chi connectivity index (χ0) is 13.9. The van der Waals surface area contributed by atoms with E-state index in [1.807, 2.05) is 36.4 Å². The maximum atomic E-state index is 5.67. The minimum absolute atomic E-state index is 0.593. The van der Waals surface area contributed by atoms with E-state index >= 15 is 0 Å². The second kappa shape index (κ2) is 5.42. The molecule has 0 amide bonds. The van der Waals surface area contributed by atoms with Crippen molar-refractivity contribution in [1.29, 1.82) is 0 Å². The van der Waals surface area contributed by atoms with E-state index < -0.39 is 0 Å². The molecule has 0 aliphatic carbocycles. The van der Waals surface area contributed by atoms with Crippen LogP contribution in [0.15, 0.2) is 53.4 Å². The molecule has 0 spiro atoms. The lowest BCUT2D eigenvalue weighted by molar-refractivity contribution is 0.672. The fourth-order valence-electron chi connectivity index (χ4n) is 1.80. The lowest BCUT2D eigenvalue weighted by Crippen LogP contribution is -2.02. The molecule has 6 heteroatoms. The Morgan fingerprint density at radius 3 is 2.55 bits per heavy atom. The van der Waals surface area contributed by atoms with E-state index in [0.29, 0.717) is 12.4 Å². The molecule has 0 saturated heterocycles. The highest BCUT2D eigenvalue weighted by atomic mass is 79.9. The highest BCUT2D eigenvalue weighted by Gasteiger charge is 2.05. The first kappa shape index (κ1) is 12.8. The molecule has 0 atom stereocenters. The van der Waals surface area contributed by atoms with Gasteiger partial charge in [-0.15, -0.1) is 0 Å². The molecule has 0 radical (unpaired) electrons. The highest BCUT2D eigenvalue weighted by molar-refractivity contribution is 9.10. The van der Waals surface area contributed by atoms with Gasteiger partial charge in [0.15, 0.2) is 5.82 Å². The van der Waals surface area contributed by atoms with E-state index in [-0.39, 0.29) is 0 Å². The van der Waals surface area contributed by atoms with Crippen LogP contribution in [0.4, 0.5) is 5.69 Å². The van der Waals surface area contributed by atoms with Crippen LogP contribution in [0.5, 0.6) is 0 Å². The molecule has 2 aromatic heterocycles. The summed E-state index contributed by atoms with van der Waals surface area (Å²) in [5.74, 6) is 0.683. The highest BCUT2D eigenvalue weighted by Crippen LogP contribution is 2.16. The summed E-state index contributed by atoms with van der Waals surface area (Å²) >= 11 is 3.36. The zero-order valence-electron chi connectivity index (χ0n) is 10.6. The van der Waals surface area contributed by atoms with Crippen LogP contribution in [0.1, 0.15) is 5.69 Å². The second-order valence-corrected chi connectivity index (χ2v) is 5.27. The monoisotopic (exact) mass is 329 g/mol. The van der Waals surface area contributed by atoms with Gasteiger partial charge in [0.25, 0.3) is 0 Å². The summed E-state index contributed by atoms with van der Waals surface area (Å²) in [6.07, 6.45) is 3.47. The number of halogens is 1. The molecule has 0 saturated carbocycles. The van der Waals surface area contributed by atoms with Gasteiger partial charge in [0.05, 0.1) is 12.2 Å². The van der Waals surface area contributed by atoms with Crippen molar-refractivity contribution in [2.24, 2.45) is 0 Å². The lowest BCUT2D eigenvalue weighted by atomic mass is 10.2. The van der Waals surface area contributed by atoms with Crippen molar-refractivity contribution in [2.75, 3.05) is 5.73 Å². The van der Waals surface area contributed by atoms with E-state index in [9.17, 15) is 0 Å². The largest absolute Gasteiger partial charge is 0.399 e. The Bertz CT molecular complexity index is 703. The number of anilines is 1. The zero-order valence-corrected chi connectivity index (χ0v) is 12.2. The number of benzene rings is 1. The van der Waals surface area contributed by atoms with Gasteiger partial charge in [-0.1, -0.05) is 0 Å². The van der Waals surface area contributed by atoms with Crippen LogP contribution in [0.25, 0.3) is 11.4 Å². The average Bonchev–Trinajstić information content (AvgIpc) is 2.91. The van der Waals surface area contributed by atoms with Crippen molar-refractivity contribution in [3.05, 3.63) is 59.1 Å². The number of hydrogen-bond acceptors (Lipinski definition) is 4. The van der Waals surface area contributed by atoms with Crippen LogP contribution < -0.4 is 5.73 Å². The number of rotatable bonds is 3. The minimum atomic E-state index is 0.593. The number of aromatic nitrogens is 4. The van der Waals surface area contributed by atoms with E-state index in [4.69, 9.17) is 5.73 Å². The molecular weight excluding hydrogens is 318 g/mol. The molecule has 0 fully saturated rings. The Balaban J connectivity index is 1.80. The van der Waals surface area contributed by atoms with E-state index in [0.717, 1.165) is 21.4 Å². The molecule has 0 aliphatic heterocycles. The van der Waals surface area contributed by atoms with E-state index in [2.05, 4.69) is 31.0 Å². The van der Waals surface area contributed by atoms with Crippen molar-refractivity contribution in [2.45, 2.75) is 6.54 Å². The number of nitrogens with two attached hydrogens (primary N) is 1. The third-order valence-electron chi connectivity index (χ3n) is 2.82. The first-order valence-corrected chi connectivity index (χ1v) is 6.86. The predicted molar refractivity (Wildman–Crippen MR) is 80.9 cm³/mol. The summed E-state index contributed by atoms with van der Waals surface area (Å²) in [4.78, 5) is 8.62. The Kier molecular flexibility index (Phi) is 3.47.